The minimum atomic E-state index is -3.55. The minimum absolute atomic E-state index is 0.0954. The van der Waals surface area contributed by atoms with Crippen LogP contribution in [0.3, 0.4) is 0 Å². The van der Waals surface area contributed by atoms with E-state index in [0.717, 1.165) is 27.6 Å². The standard InChI is InChI=1S/C31H38BrN3O4S/c1-4-18-33-31(37)29(22-25-12-6-5-7-13-25)34(23-26-14-9-15-27(32)21-26)30(36)17-10-19-35(40(3,38)39)28-16-8-11-24(2)20-28/h5-9,11-16,20-21,29H,4,10,17-19,22-23H2,1-3H3,(H,33,37)/t29-/m1/s1. The van der Waals surface area contributed by atoms with Crippen molar-refractivity contribution in [2.75, 3.05) is 23.7 Å². The van der Waals surface area contributed by atoms with Gasteiger partial charge in [0.05, 0.1) is 11.9 Å². The van der Waals surface area contributed by atoms with Crippen LogP contribution in [0.25, 0.3) is 0 Å². The Hall–Kier alpha value is -3.17. The number of sulfonamides is 1. The van der Waals surface area contributed by atoms with Crippen LogP contribution < -0.4 is 9.62 Å². The Labute approximate surface area is 246 Å². The van der Waals surface area contributed by atoms with Gasteiger partial charge in [-0.15, -0.1) is 0 Å². The van der Waals surface area contributed by atoms with Gasteiger partial charge < -0.3 is 10.2 Å². The molecule has 0 aromatic heterocycles. The predicted molar refractivity (Wildman–Crippen MR) is 165 cm³/mol. The van der Waals surface area contributed by atoms with Crippen molar-refractivity contribution < 1.29 is 18.0 Å². The summed E-state index contributed by atoms with van der Waals surface area (Å²) in [6, 6.07) is 23.9. The summed E-state index contributed by atoms with van der Waals surface area (Å²) in [6.45, 7) is 4.82. The number of nitrogens with zero attached hydrogens (tertiary/aromatic N) is 2. The van der Waals surface area contributed by atoms with Crippen LogP contribution in [0, 0.1) is 6.92 Å². The monoisotopic (exact) mass is 627 g/mol. The van der Waals surface area contributed by atoms with Crippen LogP contribution in [-0.2, 0) is 32.6 Å². The van der Waals surface area contributed by atoms with Crippen molar-refractivity contribution in [1.82, 2.24) is 10.2 Å². The SMILES string of the molecule is CCCNC(=O)[C@@H](Cc1ccccc1)N(Cc1cccc(Br)c1)C(=O)CCCN(c1cccc(C)c1)S(C)(=O)=O. The molecule has 7 nitrogen and oxygen atoms in total. The lowest BCUT2D eigenvalue weighted by Gasteiger charge is -2.32. The zero-order valence-electron chi connectivity index (χ0n) is 23.3. The molecule has 3 aromatic rings. The summed E-state index contributed by atoms with van der Waals surface area (Å²) in [5.74, 6) is -0.406. The quantitative estimate of drug-likeness (QED) is 0.257. The second-order valence-corrected chi connectivity index (χ2v) is 12.7. The highest BCUT2D eigenvalue weighted by molar-refractivity contribution is 9.10. The van der Waals surface area contributed by atoms with Crippen LogP contribution in [0.2, 0.25) is 0 Å². The fraction of sp³-hybridized carbons (Fsp3) is 0.355. The van der Waals surface area contributed by atoms with Crippen LogP contribution in [0.5, 0.6) is 0 Å². The first-order valence-electron chi connectivity index (χ1n) is 13.5. The van der Waals surface area contributed by atoms with Gasteiger partial charge in [-0.3, -0.25) is 13.9 Å². The largest absolute Gasteiger partial charge is 0.354 e. The molecule has 0 heterocycles. The summed E-state index contributed by atoms with van der Waals surface area (Å²) < 4.78 is 27.4. The molecule has 2 amide bonds. The maximum atomic E-state index is 13.8. The molecule has 0 aliphatic carbocycles. The first-order valence-corrected chi connectivity index (χ1v) is 16.1. The van der Waals surface area contributed by atoms with E-state index in [2.05, 4.69) is 21.2 Å². The Morgan fingerprint density at radius 2 is 1.65 bits per heavy atom. The van der Waals surface area contributed by atoms with E-state index in [1.165, 1.54) is 10.6 Å². The maximum absolute atomic E-state index is 13.8. The van der Waals surface area contributed by atoms with Crippen LogP contribution in [0.1, 0.15) is 42.9 Å². The van der Waals surface area contributed by atoms with Gasteiger partial charge in [0.1, 0.15) is 6.04 Å². The highest BCUT2D eigenvalue weighted by Crippen LogP contribution is 2.22. The van der Waals surface area contributed by atoms with Gasteiger partial charge in [-0.1, -0.05) is 77.5 Å². The second-order valence-electron chi connectivity index (χ2n) is 9.93. The lowest BCUT2D eigenvalue weighted by atomic mass is 10.0. The average molecular weight is 629 g/mol. The molecule has 0 unspecified atom stereocenters. The lowest BCUT2D eigenvalue weighted by molar-refractivity contribution is -0.141. The predicted octanol–water partition coefficient (Wildman–Crippen LogP) is 5.47. The van der Waals surface area contributed by atoms with Gasteiger partial charge in [0.25, 0.3) is 0 Å². The third-order valence-electron chi connectivity index (χ3n) is 6.50. The summed E-state index contributed by atoms with van der Waals surface area (Å²) in [6.07, 6.45) is 2.73. The molecule has 9 heteroatoms. The average Bonchev–Trinajstić information content (AvgIpc) is 2.91. The van der Waals surface area contributed by atoms with Gasteiger partial charge in [0, 0.05) is 36.9 Å². The van der Waals surface area contributed by atoms with Crippen molar-refractivity contribution in [2.24, 2.45) is 0 Å². The molecule has 40 heavy (non-hydrogen) atoms. The molecule has 0 saturated carbocycles. The number of hydrogen-bond acceptors (Lipinski definition) is 4. The van der Waals surface area contributed by atoms with Crippen molar-refractivity contribution in [3.8, 4) is 0 Å². The van der Waals surface area contributed by atoms with Gasteiger partial charge in [-0.05, 0) is 60.7 Å². The van der Waals surface area contributed by atoms with Crippen molar-refractivity contribution in [1.29, 1.82) is 0 Å². The molecule has 0 bridgehead atoms. The highest BCUT2D eigenvalue weighted by atomic mass is 79.9. The highest BCUT2D eigenvalue weighted by Gasteiger charge is 2.30. The Balaban J connectivity index is 1.87. The number of aryl methyl sites for hydroxylation is 1. The first-order chi connectivity index (χ1) is 19.1. The van der Waals surface area contributed by atoms with E-state index in [4.69, 9.17) is 0 Å². The zero-order valence-corrected chi connectivity index (χ0v) is 25.7. The molecule has 1 atom stereocenters. The van der Waals surface area contributed by atoms with E-state index in [0.29, 0.717) is 25.1 Å². The van der Waals surface area contributed by atoms with Crippen molar-refractivity contribution in [2.45, 2.75) is 52.1 Å². The number of amides is 2. The number of rotatable bonds is 14. The molecular weight excluding hydrogens is 590 g/mol. The Morgan fingerprint density at radius 1 is 0.950 bits per heavy atom. The summed E-state index contributed by atoms with van der Waals surface area (Å²) >= 11 is 3.50. The molecule has 0 saturated heterocycles. The van der Waals surface area contributed by atoms with Gasteiger partial charge in [-0.2, -0.15) is 0 Å². The molecule has 0 fully saturated rings. The van der Waals surface area contributed by atoms with E-state index in [1.807, 2.05) is 86.6 Å². The van der Waals surface area contributed by atoms with E-state index in [9.17, 15) is 18.0 Å². The van der Waals surface area contributed by atoms with Gasteiger partial charge in [-0.25, -0.2) is 8.42 Å². The summed E-state index contributed by atoms with van der Waals surface area (Å²) in [4.78, 5) is 28.9. The van der Waals surface area contributed by atoms with Crippen LogP contribution in [0.15, 0.2) is 83.3 Å². The van der Waals surface area contributed by atoms with E-state index < -0.39 is 16.1 Å². The van der Waals surface area contributed by atoms with Crippen molar-refractivity contribution >= 4 is 43.5 Å². The fourth-order valence-electron chi connectivity index (χ4n) is 4.54. The summed E-state index contributed by atoms with van der Waals surface area (Å²) in [5, 5.41) is 2.98. The number of carbonyl (C=O) groups excluding carboxylic acids is 2. The number of anilines is 1. The number of halogens is 1. The van der Waals surface area contributed by atoms with Crippen LogP contribution in [0.4, 0.5) is 5.69 Å². The van der Waals surface area contributed by atoms with Gasteiger partial charge >= 0.3 is 0 Å². The Bertz CT molecular complexity index is 1380. The summed E-state index contributed by atoms with van der Waals surface area (Å²) in [7, 11) is -3.55. The van der Waals surface area contributed by atoms with Crippen LogP contribution in [-0.4, -0.2) is 50.5 Å². The number of nitrogens with one attached hydrogen (secondary N) is 1. The minimum Gasteiger partial charge on any atom is -0.354 e. The molecule has 0 aliphatic rings. The maximum Gasteiger partial charge on any atom is 0.243 e. The zero-order chi connectivity index (χ0) is 29.1. The lowest BCUT2D eigenvalue weighted by Crippen LogP contribution is -2.50. The normalized spacial score (nSPS) is 12.0. The Morgan fingerprint density at radius 3 is 2.30 bits per heavy atom. The van der Waals surface area contributed by atoms with E-state index in [1.54, 1.807) is 11.0 Å². The topological polar surface area (TPSA) is 86.8 Å². The molecular formula is C31H38BrN3O4S. The molecule has 1 N–H and O–H groups in total. The molecule has 3 aromatic carbocycles. The molecule has 0 aliphatic heterocycles. The van der Waals surface area contributed by atoms with Crippen LogP contribution >= 0.6 is 15.9 Å². The molecule has 214 valence electrons. The fourth-order valence-corrected chi connectivity index (χ4v) is 5.94. The molecule has 0 spiro atoms. The van der Waals surface area contributed by atoms with Crippen molar-refractivity contribution in [3.05, 3.63) is 100 Å². The number of carbonyl (C=O) groups is 2. The summed E-state index contributed by atoms with van der Waals surface area (Å²) in [5.41, 5.74) is 3.36. The number of hydrogen-bond donors (Lipinski definition) is 1. The molecule has 3 rings (SSSR count). The first kappa shape index (κ1) is 31.4. The third-order valence-corrected chi connectivity index (χ3v) is 8.19. The van der Waals surface area contributed by atoms with E-state index in [-0.39, 0.29) is 31.3 Å². The van der Waals surface area contributed by atoms with Gasteiger partial charge in [0.2, 0.25) is 21.8 Å². The second kappa shape index (κ2) is 15.0. The van der Waals surface area contributed by atoms with Crippen molar-refractivity contribution in [3.63, 3.8) is 0 Å². The van der Waals surface area contributed by atoms with E-state index >= 15 is 0 Å². The smallest absolute Gasteiger partial charge is 0.243 e. The Kier molecular flexibility index (Phi) is 11.8. The third kappa shape index (κ3) is 9.48. The van der Waals surface area contributed by atoms with Gasteiger partial charge in [0.15, 0.2) is 0 Å². The molecule has 0 radical (unpaired) electrons. The number of benzene rings is 3.